The molecule has 1 unspecified atom stereocenters. The van der Waals surface area contributed by atoms with E-state index in [2.05, 4.69) is 21.8 Å². The predicted molar refractivity (Wildman–Crippen MR) is 59.9 cm³/mol. The zero-order chi connectivity index (χ0) is 11.1. The quantitative estimate of drug-likeness (QED) is 0.782. The van der Waals surface area contributed by atoms with E-state index in [1.54, 1.807) is 6.20 Å². The molecule has 4 nitrogen and oxygen atoms in total. The molecule has 0 aromatic carbocycles. The first-order valence-electron chi connectivity index (χ1n) is 4.84. The maximum Gasteiger partial charge on any atom is 0.131 e. The summed E-state index contributed by atoms with van der Waals surface area (Å²) in [5.74, 6) is 0.561. The Bertz CT molecular complexity index is 260. The van der Waals surface area contributed by atoms with Crippen molar-refractivity contribution in [3.05, 3.63) is 18.1 Å². The van der Waals surface area contributed by atoms with Gasteiger partial charge in [0.15, 0.2) is 0 Å². The summed E-state index contributed by atoms with van der Waals surface area (Å²) >= 11 is 0. The van der Waals surface area contributed by atoms with E-state index < -0.39 is 0 Å². The van der Waals surface area contributed by atoms with Gasteiger partial charge in [0.05, 0.1) is 0 Å². The van der Waals surface area contributed by atoms with Crippen LogP contribution >= 0.6 is 0 Å². The van der Waals surface area contributed by atoms with Crippen molar-refractivity contribution in [3.63, 3.8) is 0 Å². The van der Waals surface area contributed by atoms with Crippen molar-refractivity contribution >= 4 is 5.82 Å². The van der Waals surface area contributed by atoms with Gasteiger partial charge in [0, 0.05) is 17.8 Å². The first kappa shape index (κ1) is 12.8. The van der Waals surface area contributed by atoms with Gasteiger partial charge in [-0.05, 0) is 21.0 Å². The molecule has 1 atom stereocenters. The van der Waals surface area contributed by atoms with Crippen LogP contribution in [-0.4, -0.2) is 29.0 Å². The minimum absolute atomic E-state index is 0.256. The molecule has 0 radical (unpaired) electrons. The maximum atomic E-state index is 5.68. The summed E-state index contributed by atoms with van der Waals surface area (Å²) in [5.41, 5.74) is 6.66. The Kier molecular flexibility index (Phi) is 5.79. The van der Waals surface area contributed by atoms with E-state index in [0.717, 1.165) is 5.56 Å². The molecule has 0 fully saturated rings. The first-order valence-corrected chi connectivity index (χ1v) is 4.84. The topological polar surface area (TPSA) is 55.0 Å². The van der Waals surface area contributed by atoms with Crippen LogP contribution in [0.1, 0.15) is 32.4 Å². The highest BCUT2D eigenvalue weighted by atomic mass is 15.1. The highest BCUT2D eigenvalue weighted by molar-refractivity contribution is 5.38. The molecule has 1 rings (SSSR count). The molecule has 1 aromatic heterocycles. The summed E-state index contributed by atoms with van der Waals surface area (Å²) < 4.78 is 0. The van der Waals surface area contributed by atoms with Gasteiger partial charge in [0.2, 0.25) is 0 Å². The fourth-order valence-corrected chi connectivity index (χ4v) is 0.950. The summed E-state index contributed by atoms with van der Waals surface area (Å²) in [6.07, 6.45) is 3.22. The van der Waals surface area contributed by atoms with Crippen LogP contribution in [0.4, 0.5) is 5.82 Å². The minimum Gasteiger partial charge on any atom is -0.383 e. The third kappa shape index (κ3) is 3.30. The largest absolute Gasteiger partial charge is 0.383 e. The van der Waals surface area contributed by atoms with Crippen LogP contribution in [0.15, 0.2) is 12.5 Å². The van der Waals surface area contributed by atoms with Gasteiger partial charge < -0.3 is 10.6 Å². The first-order chi connectivity index (χ1) is 6.63. The Morgan fingerprint density at radius 2 is 1.93 bits per heavy atom. The van der Waals surface area contributed by atoms with E-state index in [-0.39, 0.29) is 6.04 Å². The number of hydrogen-bond acceptors (Lipinski definition) is 4. The second-order valence-electron chi connectivity index (χ2n) is 3.00. The molecule has 0 saturated carbocycles. The number of aromatic nitrogens is 2. The third-order valence-electron chi connectivity index (χ3n) is 2.00. The molecular weight excluding hydrogens is 176 g/mol. The lowest BCUT2D eigenvalue weighted by atomic mass is 10.1. The zero-order valence-electron chi connectivity index (χ0n) is 9.65. The second-order valence-corrected chi connectivity index (χ2v) is 3.00. The lowest BCUT2D eigenvalue weighted by Crippen LogP contribution is -2.18. The maximum absolute atomic E-state index is 5.68. The summed E-state index contributed by atoms with van der Waals surface area (Å²) in [7, 11) is 3.99. The molecule has 0 aliphatic heterocycles. The van der Waals surface area contributed by atoms with Gasteiger partial charge in [-0.15, -0.1) is 0 Å². The van der Waals surface area contributed by atoms with E-state index in [1.165, 1.54) is 6.33 Å². The number of nitrogens with two attached hydrogens (primary N) is 1. The summed E-state index contributed by atoms with van der Waals surface area (Å²) in [4.78, 5) is 9.92. The van der Waals surface area contributed by atoms with Crippen LogP contribution in [0.3, 0.4) is 0 Å². The Balaban J connectivity index is 0.000000791. The molecular formula is C10H20N4. The van der Waals surface area contributed by atoms with Crippen LogP contribution in [0.25, 0.3) is 0 Å². The molecule has 0 bridgehead atoms. The molecule has 1 heterocycles. The molecule has 14 heavy (non-hydrogen) atoms. The Labute approximate surface area is 86.2 Å². The van der Waals surface area contributed by atoms with Gasteiger partial charge in [-0.1, -0.05) is 13.8 Å². The van der Waals surface area contributed by atoms with Crippen molar-refractivity contribution < 1.29 is 0 Å². The number of nitrogen functional groups attached to an aromatic ring is 1. The van der Waals surface area contributed by atoms with Gasteiger partial charge in [0.1, 0.15) is 12.1 Å². The van der Waals surface area contributed by atoms with Crippen LogP contribution in [-0.2, 0) is 0 Å². The summed E-state index contributed by atoms with van der Waals surface area (Å²) in [6, 6.07) is 0.256. The fourth-order valence-electron chi connectivity index (χ4n) is 0.950. The number of anilines is 1. The van der Waals surface area contributed by atoms with Gasteiger partial charge in [0.25, 0.3) is 0 Å². The van der Waals surface area contributed by atoms with Crippen molar-refractivity contribution in [1.82, 2.24) is 14.9 Å². The Hall–Kier alpha value is -1.16. The Morgan fingerprint density at radius 1 is 1.36 bits per heavy atom. The lowest BCUT2D eigenvalue weighted by Gasteiger charge is -2.20. The number of hydrogen-bond donors (Lipinski definition) is 1. The van der Waals surface area contributed by atoms with Crippen molar-refractivity contribution in [2.24, 2.45) is 0 Å². The highest BCUT2D eigenvalue weighted by Crippen LogP contribution is 2.19. The van der Waals surface area contributed by atoms with E-state index in [4.69, 9.17) is 5.73 Å². The van der Waals surface area contributed by atoms with Crippen LogP contribution in [0, 0.1) is 0 Å². The van der Waals surface area contributed by atoms with Crippen LogP contribution in [0.2, 0.25) is 0 Å². The zero-order valence-corrected chi connectivity index (χ0v) is 9.65. The monoisotopic (exact) mass is 196 g/mol. The van der Waals surface area contributed by atoms with Crippen LogP contribution < -0.4 is 5.73 Å². The summed E-state index contributed by atoms with van der Waals surface area (Å²) in [6.45, 7) is 6.06. The average molecular weight is 196 g/mol. The molecule has 0 saturated heterocycles. The average Bonchev–Trinajstić information content (AvgIpc) is 2.20. The molecule has 0 spiro atoms. The van der Waals surface area contributed by atoms with E-state index in [9.17, 15) is 0 Å². The molecule has 0 aliphatic rings. The van der Waals surface area contributed by atoms with Gasteiger partial charge in [-0.25, -0.2) is 9.97 Å². The molecule has 4 heteroatoms. The van der Waals surface area contributed by atoms with Crippen LogP contribution in [0.5, 0.6) is 0 Å². The van der Waals surface area contributed by atoms with E-state index in [0.29, 0.717) is 5.82 Å². The Morgan fingerprint density at radius 3 is 2.36 bits per heavy atom. The summed E-state index contributed by atoms with van der Waals surface area (Å²) in [5, 5.41) is 0. The molecule has 0 aliphatic carbocycles. The lowest BCUT2D eigenvalue weighted by molar-refractivity contribution is 0.321. The molecule has 2 N–H and O–H groups in total. The van der Waals surface area contributed by atoms with E-state index in [1.807, 2.05) is 27.9 Å². The third-order valence-corrected chi connectivity index (χ3v) is 2.00. The number of nitrogens with zero attached hydrogens (tertiary/aromatic N) is 3. The van der Waals surface area contributed by atoms with Crippen molar-refractivity contribution in [2.75, 3.05) is 19.8 Å². The van der Waals surface area contributed by atoms with Crippen molar-refractivity contribution in [3.8, 4) is 0 Å². The smallest absolute Gasteiger partial charge is 0.131 e. The SMILES string of the molecule is CC.CC(c1cncnc1N)N(C)C. The molecule has 0 amide bonds. The van der Waals surface area contributed by atoms with Gasteiger partial charge >= 0.3 is 0 Å². The van der Waals surface area contributed by atoms with Gasteiger partial charge in [-0.3, -0.25) is 0 Å². The second kappa shape index (κ2) is 6.32. The molecule has 1 aromatic rings. The van der Waals surface area contributed by atoms with Crippen molar-refractivity contribution in [2.45, 2.75) is 26.8 Å². The fraction of sp³-hybridized carbons (Fsp3) is 0.600. The highest BCUT2D eigenvalue weighted by Gasteiger charge is 2.11. The molecule has 80 valence electrons. The minimum atomic E-state index is 0.256. The van der Waals surface area contributed by atoms with Gasteiger partial charge in [-0.2, -0.15) is 0 Å². The normalized spacial score (nSPS) is 11.9. The van der Waals surface area contributed by atoms with Crippen molar-refractivity contribution in [1.29, 1.82) is 0 Å². The predicted octanol–water partition coefficient (Wildman–Crippen LogP) is 1.71. The number of rotatable bonds is 2. The standard InChI is InChI=1S/C8H14N4.C2H6/c1-6(12(2)3)7-4-10-5-11-8(7)9;1-2/h4-6H,1-3H3,(H2,9,10,11);1-2H3. The van der Waals surface area contributed by atoms with E-state index >= 15 is 0 Å².